The molecule has 68 valence electrons. The molecule has 0 bridgehead atoms. The van der Waals surface area contributed by atoms with Gasteiger partial charge in [-0.2, -0.15) is 0 Å². The second-order valence-corrected chi connectivity index (χ2v) is 4.18. The molecule has 3 N–H and O–H groups in total. The first-order valence-corrected chi connectivity index (χ1v) is 4.92. The third-order valence-electron chi connectivity index (χ3n) is 2.17. The number of aliphatic hydroxyl groups is 1. The lowest BCUT2D eigenvalue weighted by molar-refractivity contribution is 0.283. The van der Waals surface area contributed by atoms with Crippen LogP contribution in [0.2, 0.25) is 0 Å². The Labute approximate surface area is 80.6 Å². The zero-order chi connectivity index (χ0) is 9.42. The smallest absolute Gasteiger partial charge is 0.0869 e. The predicted octanol–water partition coefficient (Wildman–Crippen LogP) is 2.28. The van der Waals surface area contributed by atoms with Crippen LogP contribution in [0.5, 0.6) is 0 Å². The SMILES string of the molecule is Cc1ccc(CO)c2sc(N)cc12. The van der Waals surface area contributed by atoms with Crippen LogP contribution in [0.25, 0.3) is 10.1 Å². The quantitative estimate of drug-likeness (QED) is 0.730. The molecule has 0 aliphatic heterocycles. The molecule has 1 aromatic heterocycles. The lowest BCUT2D eigenvalue weighted by Crippen LogP contribution is -1.83. The Bertz CT molecular complexity index is 447. The second-order valence-electron chi connectivity index (χ2n) is 3.09. The number of hydrogen-bond acceptors (Lipinski definition) is 3. The molecule has 0 spiro atoms. The molecule has 2 aromatic rings. The molecule has 2 nitrogen and oxygen atoms in total. The highest BCUT2D eigenvalue weighted by molar-refractivity contribution is 7.22. The van der Waals surface area contributed by atoms with Crippen LogP contribution in [-0.4, -0.2) is 5.11 Å². The van der Waals surface area contributed by atoms with Gasteiger partial charge in [0.2, 0.25) is 0 Å². The van der Waals surface area contributed by atoms with Crippen LogP contribution < -0.4 is 5.73 Å². The zero-order valence-corrected chi connectivity index (χ0v) is 8.19. The van der Waals surface area contributed by atoms with E-state index in [-0.39, 0.29) is 6.61 Å². The Morgan fingerprint density at radius 1 is 1.46 bits per heavy atom. The maximum Gasteiger partial charge on any atom is 0.0869 e. The van der Waals surface area contributed by atoms with E-state index in [1.807, 2.05) is 18.2 Å². The lowest BCUT2D eigenvalue weighted by atomic mass is 10.1. The van der Waals surface area contributed by atoms with E-state index >= 15 is 0 Å². The maximum atomic E-state index is 9.10. The van der Waals surface area contributed by atoms with Crippen LogP contribution in [0.1, 0.15) is 11.1 Å². The summed E-state index contributed by atoms with van der Waals surface area (Å²) in [5.41, 5.74) is 7.89. The van der Waals surface area contributed by atoms with E-state index in [9.17, 15) is 0 Å². The van der Waals surface area contributed by atoms with E-state index in [0.717, 1.165) is 20.7 Å². The average molecular weight is 193 g/mol. The number of anilines is 1. The third-order valence-corrected chi connectivity index (χ3v) is 3.21. The van der Waals surface area contributed by atoms with E-state index in [4.69, 9.17) is 10.8 Å². The van der Waals surface area contributed by atoms with E-state index in [1.54, 1.807) is 0 Å². The standard InChI is InChI=1S/C10H11NOS/c1-6-2-3-7(5-12)10-8(6)4-9(11)13-10/h2-4,12H,5,11H2,1H3. The van der Waals surface area contributed by atoms with Gasteiger partial charge in [0.05, 0.1) is 11.6 Å². The molecule has 0 amide bonds. The first-order valence-electron chi connectivity index (χ1n) is 4.10. The van der Waals surface area contributed by atoms with Crippen LogP contribution in [0.3, 0.4) is 0 Å². The van der Waals surface area contributed by atoms with Crippen molar-refractivity contribution in [3.05, 3.63) is 29.3 Å². The van der Waals surface area contributed by atoms with Gasteiger partial charge in [0.1, 0.15) is 0 Å². The Kier molecular flexibility index (Phi) is 1.98. The number of nitrogens with two attached hydrogens (primary N) is 1. The first-order chi connectivity index (χ1) is 6.22. The van der Waals surface area contributed by atoms with Crippen LogP contribution in [0.4, 0.5) is 5.00 Å². The molecule has 0 aliphatic carbocycles. The minimum Gasteiger partial charge on any atom is -0.392 e. The summed E-state index contributed by atoms with van der Waals surface area (Å²) in [6, 6.07) is 5.93. The molecular weight excluding hydrogens is 182 g/mol. The minimum absolute atomic E-state index is 0.0801. The average Bonchev–Trinajstić information content (AvgIpc) is 2.48. The van der Waals surface area contributed by atoms with Gasteiger partial charge in [0.15, 0.2) is 0 Å². The summed E-state index contributed by atoms with van der Waals surface area (Å²) in [5.74, 6) is 0. The van der Waals surface area contributed by atoms with Crippen LogP contribution in [-0.2, 0) is 6.61 Å². The molecule has 2 rings (SSSR count). The second kappa shape index (κ2) is 3.01. The fourth-order valence-corrected chi connectivity index (χ4v) is 2.46. The number of thiophene rings is 1. The normalized spacial score (nSPS) is 10.9. The summed E-state index contributed by atoms with van der Waals surface area (Å²) in [7, 11) is 0. The molecule has 0 unspecified atom stereocenters. The van der Waals surface area contributed by atoms with Gasteiger partial charge in [-0.15, -0.1) is 11.3 Å². The number of hydrogen-bond donors (Lipinski definition) is 2. The molecule has 0 saturated carbocycles. The molecule has 0 saturated heterocycles. The summed E-state index contributed by atoms with van der Waals surface area (Å²) in [6.07, 6.45) is 0. The third kappa shape index (κ3) is 1.30. The highest BCUT2D eigenvalue weighted by Crippen LogP contribution is 2.32. The van der Waals surface area contributed by atoms with Gasteiger partial charge in [-0.05, 0) is 29.5 Å². The molecule has 3 heteroatoms. The Hall–Kier alpha value is -1.06. The lowest BCUT2D eigenvalue weighted by Gasteiger charge is -2.00. The van der Waals surface area contributed by atoms with Gasteiger partial charge < -0.3 is 10.8 Å². The summed E-state index contributed by atoms with van der Waals surface area (Å²) in [6.45, 7) is 2.13. The van der Waals surface area contributed by atoms with Crippen molar-refractivity contribution in [3.63, 3.8) is 0 Å². The van der Waals surface area contributed by atoms with Crippen molar-refractivity contribution < 1.29 is 5.11 Å². The Morgan fingerprint density at radius 2 is 2.23 bits per heavy atom. The van der Waals surface area contributed by atoms with Crippen LogP contribution in [0.15, 0.2) is 18.2 Å². The molecule has 0 atom stereocenters. The fourth-order valence-electron chi connectivity index (χ4n) is 1.46. The minimum atomic E-state index is 0.0801. The molecule has 1 aromatic carbocycles. The molecule has 0 aliphatic rings. The summed E-state index contributed by atoms with van der Waals surface area (Å²) in [5, 5.41) is 11.1. The topological polar surface area (TPSA) is 46.2 Å². The zero-order valence-electron chi connectivity index (χ0n) is 7.37. The van der Waals surface area contributed by atoms with Gasteiger partial charge >= 0.3 is 0 Å². The fraction of sp³-hybridized carbons (Fsp3) is 0.200. The molecule has 13 heavy (non-hydrogen) atoms. The largest absolute Gasteiger partial charge is 0.392 e. The number of benzene rings is 1. The highest BCUT2D eigenvalue weighted by Gasteiger charge is 2.05. The van der Waals surface area contributed by atoms with Crippen LogP contribution >= 0.6 is 11.3 Å². The van der Waals surface area contributed by atoms with Gasteiger partial charge in [-0.1, -0.05) is 12.1 Å². The number of aryl methyl sites for hydroxylation is 1. The molecular formula is C10H11NOS. The highest BCUT2D eigenvalue weighted by atomic mass is 32.1. The van der Waals surface area contributed by atoms with E-state index in [0.29, 0.717) is 0 Å². The first kappa shape index (κ1) is 8.53. The Morgan fingerprint density at radius 3 is 2.92 bits per heavy atom. The van der Waals surface area contributed by atoms with Crippen molar-refractivity contribution in [2.45, 2.75) is 13.5 Å². The van der Waals surface area contributed by atoms with Gasteiger partial charge in [0, 0.05) is 4.70 Å². The summed E-state index contributed by atoms with van der Waals surface area (Å²) in [4.78, 5) is 0. The van der Waals surface area contributed by atoms with Crippen molar-refractivity contribution in [1.82, 2.24) is 0 Å². The molecule has 0 radical (unpaired) electrons. The van der Waals surface area contributed by atoms with Crippen molar-refractivity contribution in [2.75, 3.05) is 5.73 Å². The summed E-state index contributed by atoms with van der Waals surface area (Å²) < 4.78 is 1.11. The number of nitrogen functional groups attached to an aromatic ring is 1. The molecule has 0 fully saturated rings. The van der Waals surface area contributed by atoms with E-state index in [2.05, 4.69) is 6.92 Å². The van der Waals surface area contributed by atoms with Crippen molar-refractivity contribution in [3.8, 4) is 0 Å². The number of fused-ring (bicyclic) bond motifs is 1. The Balaban J connectivity index is 2.83. The monoisotopic (exact) mass is 193 g/mol. The van der Waals surface area contributed by atoms with Crippen LogP contribution in [0, 0.1) is 6.92 Å². The molecule has 1 heterocycles. The van der Waals surface area contributed by atoms with E-state index < -0.39 is 0 Å². The van der Waals surface area contributed by atoms with Gasteiger partial charge in [-0.3, -0.25) is 0 Å². The van der Waals surface area contributed by atoms with Crippen molar-refractivity contribution in [2.24, 2.45) is 0 Å². The summed E-state index contributed by atoms with van der Waals surface area (Å²) >= 11 is 1.54. The van der Waals surface area contributed by atoms with Crippen molar-refractivity contribution >= 4 is 26.4 Å². The predicted molar refractivity (Wildman–Crippen MR) is 56.9 cm³/mol. The number of aliphatic hydroxyl groups excluding tert-OH is 1. The maximum absolute atomic E-state index is 9.10. The van der Waals surface area contributed by atoms with Gasteiger partial charge in [0.25, 0.3) is 0 Å². The van der Waals surface area contributed by atoms with Gasteiger partial charge in [-0.25, -0.2) is 0 Å². The number of rotatable bonds is 1. The van der Waals surface area contributed by atoms with E-state index in [1.165, 1.54) is 16.9 Å². The van der Waals surface area contributed by atoms with Crippen molar-refractivity contribution in [1.29, 1.82) is 0 Å².